The maximum atomic E-state index is 13.0. The smallest absolute Gasteiger partial charge is 0.387 e. The van der Waals surface area contributed by atoms with Gasteiger partial charge in [0.2, 0.25) is 0 Å². The fourth-order valence-electron chi connectivity index (χ4n) is 7.10. The zero-order chi connectivity index (χ0) is 41.1. The SMILES string of the molecule is CCCCCCCCCCCCCCCCCCOC[C@H](COP(=O)(O)OC[C@H]1O[C@@](C)(c2ccc3c(N)ncnn23)[C@H](O)[C@@H]1O)OCc1ccc(C#N)c(Cl)c1. The largest absolute Gasteiger partial charge is 0.472 e. The molecular weight excluding hydrogens is 773 g/mol. The van der Waals surface area contributed by atoms with E-state index in [-0.39, 0.29) is 25.6 Å². The molecule has 5 N–H and O–H groups in total. The number of hydrogen-bond donors (Lipinski definition) is 4. The van der Waals surface area contributed by atoms with Gasteiger partial charge in [0.1, 0.15) is 47.9 Å². The van der Waals surface area contributed by atoms with Crippen LogP contribution < -0.4 is 5.73 Å². The molecule has 3 heterocycles. The van der Waals surface area contributed by atoms with Gasteiger partial charge in [-0.05, 0) is 43.2 Å². The third-order valence-electron chi connectivity index (χ3n) is 10.6. The van der Waals surface area contributed by atoms with Crippen LogP contribution in [0.1, 0.15) is 133 Å². The minimum atomic E-state index is -4.69. The van der Waals surface area contributed by atoms with Crippen molar-refractivity contribution in [2.45, 2.75) is 153 Å². The van der Waals surface area contributed by atoms with E-state index in [1.54, 1.807) is 37.3 Å². The lowest BCUT2D eigenvalue weighted by atomic mass is 9.93. The van der Waals surface area contributed by atoms with E-state index in [4.69, 9.17) is 40.6 Å². The van der Waals surface area contributed by atoms with Crippen molar-refractivity contribution in [3.63, 3.8) is 0 Å². The number of unbranched alkanes of at least 4 members (excludes halogenated alkanes) is 15. The van der Waals surface area contributed by atoms with Gasteiger partial charge >= 0.3 is 7.82 Å². The molecule has 0 aliphatic carbocycles. The van der Waals surface area contributed by atoms with E-state index in [0.29, 0.717) is 34.0 Å². The van der Waals surface area contributed by atoms with Crippen LogP contribution in [0, 0.1) is 11.3 Å². The Labute approximate surface area is 342 Å². The Balaban J connectivity index is 1.18. The average Bonchev–Trinajstić information content (AvgIpc) is 3.74. The summed E-state index contributed by atoms with van der Waals surface area (Å²) in [4.78, 5) is 14.6. The standard InChI is InChI=1S/C41H63ClN5O9P/c1-3-4-5-6-7-8-9-10-11-12-13-14-15-16-17-18-23-52-27-33(53-26-31-19-20-32(25-43)34(42)24-31)28-54-57(50,51)55-29-36-38(48)39(49)41(2,56-36)37-22-21-35-40(44)45-30-46-47(35)37/h19-22,24,30,33,36,38-39,48-49H,3-18,23,26-29H2,1-2H3,(H,50,51)(H2,44,45,46)/t33-,36-,38-,39-,41+/m1/s1. The minimum Gasteiger partial charge on any atom is -0.387 e. The molecule has 0 spiro atoms. The van der Waals surface area contributed by atoms with Gasteiger partial charge in [0.25, 0.3) is 0 Å². The normalized spacial score (nSPS) is 21.2. The number of nitrogen functional groups attached to an aromatic ring is 1. The fourth-order valence-corrected chi connectivity index (χ4v) is 8.11. The number of nitriles is 1. The molecule has 0 saturated carbocycles. The van der Waals surface area contributed by atoms with E-state index in [1.807, 2.05) is 6.07 Å². The first-order chi connectivity index (χ1) is 27.5. The van der Waals surface area contributed by atoms with E-state index in [9.17, 15) is 24.9 Å². The van der Waals surface area contributed by atoms with Gasteiger partial charge in [0.05, 0.1) is 42.7 Å². The Kier molecular flexibility index (Phi) is 20.1. The number of aliphatic hydroxyl groups excluding tert-OH is 2. The molecule has 0 amide bonds. The summed E-state index contributed by atoms with van der Waals surface area (Å²) in [6.45, 7) is 3.60. The molecule has 1 unspecified atom stereocenters. The number of anilines is 1. The topological polar surface area (TPSA) is 204 Å². The first kappa shape index (κ1) is 47.0. The summed E-state index contributed by atoms with van der Waals surface area (Å²) in [7, 11) is -4.69. The summed E-state index contributed by atoms with van der Waals surface area (Å²) in [5.41, 5.74) is 6.41. The fraction of sp³-hybridized carbons (Fsp3) is 0.683. The van der Waals surface area contributed by atoms with Crippen molar-refractivity contribution < 1.29 is 42.9 Å². The second-order valence-corrected chi connectivity index (χ2v) is 17.0. The van der Waals surface area contributed by atoms with Crippen molar-refractivity contribution in [1.29, 1.82) is 5.26 Å². The van der Waals surface area contributed by atoms with Crippen LogP contribution in [0.5, 0.6) is 0 Å². The predicted octanol–water partition coefficient (Wildman–Crippen LogP) is 8.17. The number of rotatable bonds is 29. The Morgan fingerprint density at radius 3 is 2.21 bits per heavy atom. The van der Waals surface area contributed by atoms with Crippen LogP contribution in [0.3, 0.4) is 0 Å². The number of ether oxygens (including phenoxy) is 3. The quantitative estimate of drug-likeness (QED) is 0.0385. The van der Waals surface area contributed by atoms with Crippen LogP contribution in [0.15, 0.2) is 36.7 Å². The summed E-state index contributed by atoms with van der Waals surface area (Å²) in [5, 5.41) is 35.5. The molecule has 3 aromatic rings. The van der Waals surface area contributed by atoms with Gasteiger partial charge in [0.15, 0.2) is 5.82 Å². The lowest BCUT2D eigenvalue weighted by Gasteiger charge is -2.27. The number of aromatic nitrogens is 3. The number of phosphoric acid groups is 1. The zero-order valence-electron chi connectivity index (χ0n) is 33.6. The number of phosphoric ester groups is 1. The number of nitrogens with two attached hydrogens (primary N) is 1. The van der Waals surface area contributed by atoms with Gasteiger partial charge in [-0.2, -0.15) is 10.4 Å². The number of nitrogens with zero attached hydrogens (tertiary/aromatic N) is 4. The number of aliphatic hydroxyl groups is 2. The minimum absolute atomic E-state index is 0.0853. The van der Waals surface area contributed by atoms with Crippen molar-refractivity contribution in [3.8, 4) is 6.07 Å². The molecule has 1 aliphatic rings. The molecule has 6 atom stereocenters. The predicted molar refractivity (Wildman–Crippen MR) is 218 cm³/mol. The van der Waals surface area contributed by atoms with Crippen molar-refractivity contribution >= 4 is 30.8 Å². The van der Waals surface area contributed by atoms with Crippen LogP contribution in [0.4, 0.5) is 5.82 Å². The number of halogens is 1. The van der Waals surface area contributed by atoms with Crippen LogP contribution in [-0.2, 0) is 40.0 Å². The molecule has 1 fully saturated rings. The van der Waals surface area contributed by atoms with Crippen molar-refractivity contribution in [3.05, 3.63) is 58.5 Å². The summed E-state index contributed by atoms with van der Waals surface area (Å²) < 4.78 is 43.0. The second kappa shape index (κ2) is 24.4. The molecule has 4 rings (SSSR count). The van der Waals surface area contributed by atoms with E-state index in [2.05, 4.69) is 17.0 Å². The third-order valence-corrected chi connectivity index (χ3v) is 11.8. The monoisotopic (exact) mass is 835 g/mol. The molecule has 57 heavy (non-hydrogen) atoms. The highest BCUT2D eigenvalue weighted by atomic mass is 35.5. The summed E-state index contributed by atoms with van der Waals surface area (Å²) in [6.07, 6.45) is 16.9. The molecule has 318 valence electrons. The summed E-state index contributed by atoms with van der Waals surface area (Å²) >= 11 is 6.20. The van der Waals surface area contributed by atoms with E-state index < -0.39 is 44.4 Å². The number of benzene rings is 1. The van der Waals surface area contributed by atoms with Crippen molar-refractivity contribution in [1.82, 2.24) is 14.6 Å². The summed E-state index contributed by atoms with van der Waals surface area (Å²) in [5.74, 6) is 0.222. The number of fused-ring (bicyclic) bond motifs is 1. The molecule has 14 nitrogen and oxygen atoms in total. The first-order valence-electron chi connectivity index (χ1n) is 20.6. The Bertz CT molecular complexity index is 1730. The van der Waals surface area contributed by atoms with Gasteiger partial charge in [-0.15, -0.1) is 0 Å². The Morgan fingerprint density at radius 2 is 1.60 bits per heavy atom. The van der Waals surface area contributed by atoms with Gasteiger partial charge in [-0.25, -0.2) is 14.1 Å². The molecule has 1 saturated heterocycles. The molecule has 1 aliphatic heterocycles. The molecule has 1 aromatic carbocycles. The van der Waals surface area contributed by atoms with Crippen LogP contribution in [-0.4, -0.2) is 80.5 Å². The highest BCUT2D eigenvalue weighted by molar-refractivity contribution is 7.47. The van der Waals surface area contributed by atoms with E-state index >= 15 is 0 Å². The highest BCUT2D eigenvalue weighted by Gasteiger charge is 2.54. The molecule has 16 heteroatoms. The van der Waals surface area contributed by atoms with Crippen molar-refractivity contribution in [2.24, 2.45) is 0 Å². The van der Waals surface area contributed by atoms with Crippen LogP contribution in [0.25, 0.3) is 5.52 Å². The third kappa shape index (κ3) is 14.8. The molecule has 0 bridgehead atoms. The molecule has 0 radical (unpaired) electrons. The molecule has 2 aromatic heterocycles. The second-order valence-electron chi connectivity index (χ2n) is 15.2. The zero-order valence-corrected chi connectivity index (χ0v) is 35.3. The van der Waals surface area contributed by atoms with Gasteiger partial charge in [0, 0.05) is 6.61 Å². The Morgan fingerprint density at radius 1 is 0.965 bits per heavy atom. The van der Waals surface area contributed by atoms with Crippen LogP contribution in [0.2, 0.25) is 5.02 Å². The summed E-state index contributed by atoms with van der Waals surface area (Å²) in [6, 6.07) is 10.3. The lowest BCUT2D eigenvalue weighted by molar-refractivity contribution is -0.0901. The average molecular weight is 836 g/mol. The van der Waals surface area contributed by atoms with Gasteiger partial charge in [-0.3, -0.25) is 9.05 Å². The Hall–Kier alpha value is -2.67. The lowest BCUT2D eigenvalue weighted by Crippen LogP contribution is -2.39. The number of hydrogen-bond acceptors (Lipinski definition) is 12. The van der Waals surface area contributed by atoms with E-state index in [1.165, 1.54) is 94.3 Å². The maximum Gasteiger partial charge on any atom is 0.472 e. The van der Waals surface area contributed by atoms with Gasteiger partial charge < -0.3 is 35.1 Å². The van der Waals surface area contributed by atoms with Crippen molar-refractivity contribution in [2.75, 3.05) is 32.2 Å². The van der Waals surface area contributed by atoms with Gasteiger partial charge in [-0.1, -0.05) is 121 Å². The van der Waals surface area contributed by atoms with Crippen LogP contribution >= 0.6 is 19.4 Å². The van der Waals surface area contributed by atoms with E-state index in [0.717, 1.165) is 19.3 Å². The molecular formula is C41H63ClN5O9P. The first-order valence-corrected chi connectivity index (χ1v) is 22.5. The maximum absolute atomic E-state index is 13.0. The highest BCUT2D eigenvalue weighted by Crippen LogP contribution is 2.46.